The van der Waals surface area contributed by atoms with E-state index < -0.39 is 0 Å². The van der Waals surface area contributed by atoms with E-state index in [0.717, 1.165) is 28.8 Å². The smallest absolute Gasteiger partial charge is 0.224 e. The van der Waals surface area contributed by atoms with E-state index in [4.69, 9.17) is 4.98 Å². The number of nitrogens with one attached hydrogen (secondary N) is 1. The monoisotopic (exact) mass is 473 g/mol. The average Bonchev–Trinajstić information content (AvgIpc) is 2.80. The van der Waals surface area contributed by atoms with Gasteiger partial charge in [0, 0.05) is 24.1 Å². The van der Waals surface area contributed by atoms with E-state index in [9.17, 15) is 4.39 Å². The van der Waals surface area contributed by atoms with Gasteiger partial charge in [-0.2, -0.15) is 0 Å². The molecule has 5 rings (SSSR count). The Kier molecular flexibility index (Phi) is 5.51. The number of hydrogen-bond donors (Lipinski definition) is 1. The van der Waals surface area contributed by atoms with Crippen LogP contribution in [-0.2, 0) is 12.8 Å². The van der Waals surface area contributed by atoms with Gasteiger partial charge in [-0.3, -0.25) is 0 Å². The summed E-state index contributed by atoms with van der Waals surface area (Å²) in [7, 11) is 0. The fourth-order valence-corrected chi connectivity index (χ4v) is 4.83. The first-order chi connectivity index (χ1) is 15.2. The molecule has 0 saturated carbocycles. The van der Waals surface area contributed by atoms with Crippen molar-refractivity contribution in [1.29, 1.82) is 0 Å². The lowest BCUT2D eigenvalue weighted by molar-refractivity contribution is 0.593. The van der Waals surface area contributed by atoms with Gasteiger partial charge in [-0.05, 0) is 34.7 Å². The zero-order chi connectivity index (χ0) is 21.2. The second-order valence-electron chi connectivity index (χ2n) is 7.73. The molecule has 3 nitrogen and oxygen atoms in total. The zero-order valence-corrected chi connectivity index (χ0v) is 18.4. The highest BCUT2D eigenvalue weighted by Gasteiger charge is 2.29. The molecule has 4 aromatic rings. The minimum Gasteiger partial charge on any atom is -0.341 e. The first-order valence-electron chi connectivity index (χ1n) is 10.3. The summed E-state index contributed by atoms with van der Waals surface area (Å²) in [5.41, 5.74) is 6.03. The molecule has 2 unspecified atom stereocenters. The molecule has 0 radical (unpaired) electrons. The molecule has 0 fully saturated rings. The number of nitrogens with zero attached hydrogens (tertiary/aromatic N) is 2. The molecule has 0 spiro atoms. The Labute approximate surface area is 189 Å². The van der Waals surface area contributed by atoms with Gasteiger partial charge in [-0.1, -0.05) is 88.7 Å². The molecule has 1 N–H and O–H groups in total. The van der Waals surface area contributed by atoms with Crippen molar-refractivity contribution >= 4 is 21.9 Å². The molecule has 1 aliphatic rings. The topological polar surface area (TPSA) is 37.8 Å². The van der Waals surface area contributed by atoms with Crippen LogP contribution in [0.25, 0.3) is 11.3 Å². The van der Waals surface area contributed by atoms with Crippen LogP contribution in [0, 0.1) is 5.82 Å². The highest BCUT2D eigenvalue weighted by atomic mass is 79.9. The van der Waals surface area contributed by atoms with Crippen LogP contribution < -0.4 is 5.32 Å². The van der Waals surface area contributed by atoms with Gasteiger partial charge in [0.1, 0.15) is 5.82 Å². The molecule has 0 bridgehead atoms. The average molecular weight is 474 g/mol. The van der Waals surface area contributed by atoms with E-state index in [0.29, 0.717) is 17.9 Å². The molecule has 31 heavy (non-hydrogen) atoms. The fraction of sp³-hybridized carbons (Fsp3) is 0.154. The number of alkyl halides is 1. The summed E-state index contributed by atoms with van der Waals surface area (Å²) < 4.78 is 14.6. The van der Waals surface area contributed by atoms with Crippen LogP contribution in [0.2, 0.25) is 0 Å². The van der Waals surface area contributed by atoms with Gasteiger partial charge in [0.2, 0.25) is 5.95 Å². The zero-order valence-electron chi connectivity index (χ0n) is 16.8. The maximum Gasteiger partial charge on any atom is 0.224 e. The predicted molar refractivity (Wildman–Crippen MR) is 126 cm³/mol. The van der Waals surface area contributed by atoms with Crippen LogP contribution in [-0.4, -0.2) is 14.9 Å². The summed E-state index contributed by atoms with van der Waals surface area (Å²) in [5, 5.41) is 3.36. The van der Waals surface area contributed by atoms with Gasteiger partial charge in [0.15, 0.2) is 0 Å². The number of aromatic nitrogens is 2. The van der Waals surface area contributed by atoms with E-state index in [1.165, 1.54) is 11.6 Å². The minimum absolute atomic E-state index is 0.0120. The first kappa shape index (κ1) is 19.9. The normalized spacial score (nSPS) is 15.6. The Morgan fingerprint density at radius 1 is 0.935 bits per heavy atom. The molecule has 0 aliphatic heterocycles. The Balaban J connectivity index is 1.45. The Bertz CT molecular complexity index is 1210. The Morgan fingerprint density at radius 3 is 2.45 bits per heavy atom. The van der Waals surface area contributed by atoms with Crippen molar-refractivity contribution in [3.8, 4) is 11.3 Å². The first-order valence-corrected chi connectivity index (χ1v) is 11.2. The summed E-state index contributed by atoms with van der Waals surface area (Å²) in [6.07, 6.45) is 3.36. The van der Waals surface area contributed by atoms with Crippen molar-refractivity contribution < 1.29 is 4.39 Å². The molecule has 0 amide bonds. The molecule has 3 aromatic carbocycles. The maximum absolute atomic E-state index is 14.6. The number of hydrogen-bond acceptors (Lipinski definition) is 3. The summed E-state index contributed by atoms with van der Waals surface area (Å²) in [5.74, 6) is 0.359. The van der Waals surface area contributed by atoms with Crippen molar-refractivity contribution in [2.24, 2.45) is 0 Å². The Hall–Kier alpha value is -3.05. The largest absolute Gasteiger partial charge is 0.341 e. The quantitative estimate of drug-likeness (QED) is 0.271. The van der Waals surface area contributed by atoms with Gasteiger partial charge in [-0.15, -0.1) is 0 Å². The SMILES string of the molecule is Fc1ccccc1C1Cc2cnc(NC(Br)Cc3ccccc3)nc2-c2ccccc21. The highest BCUT2D eigenvalue weighted by Crippen LogP contribution is 2.42. The third-order valence-electron chi connectivity index (χ3n) is 5.70. The molecule has 1 aromatic heterocycles. The summed E-state index contributed by atoms with van der Waals surface area (Å²) in [6, 6.07) is 25.5. The number of anilines is 1. The molecular weight excluding hydrogens is 453 g/mol. The van der Waals surface area contributed by atoms with Crippen LogP contribution in [0.1, 0.15) is 28.2 Å². The molecule has 154 valence electrons. The van der Waals surface area contributed by atoms with E-state index >= 15 is 0 Å². The summed E-state index contributed by atoms with van der Waals surface area (Å²) in [6.45, 7) is 0. The van der Waals surface area contributed by atoms with Gasteiger partial charge < -0.3 is 5.32 Å². The number of halogens is 2. The van der Waals surface area contributed by atoms with Crippen LogP contribution in [0.5, 0.6) is 0 Å². The summed E-state index contributed by atoms with van der Waals surface area (Å²) >= 11 is 3.69. The van der Waals surface area contributed by atoms with Gasteiger partial charge in [0.25, 0.3) is 0 Å². The van der Waals surface area contributed by atoms with Gasteiger partial charge >= 0.3 is 0 Å². The van der Waals surface area contributed by atoms with E-state index in [1.807, 2.05) is 48.7 Å². The van der Waals surface area contributed by atoms with Crippen molar-refractivity contribution in [3.63, 3.8) is 0 Å². The van der Waals surface area contributed by atoms with Crippen molar-refractivity contribution in [2.45, 2.75) is 23.7 Å². The van der Waals surface area contributed by atoms with Crippen molar-refractivity contribution in [2.75, 3.05) is 5.32 Å². The molecule has 1 aliphatic carbocycles. The number of benzene rings is 3. The molecule has 2 atom stereocenters. The summed E-state index contributed by atoms with van der Waals surface area (Å²) in [4.78, 5) is 9.40. The molecule has 0 saturated heterocycles. The molecule has 5 heteroatoms. The van der Waals surface area contributed by atoms with Crippen LogP contribution >= 0.6 is 15.9 Å². The standard InChI is InChI=1S/C26H21BrFN3/c27-24(14-17-8-2-1-3-9-17)30-26-29-16-18-15-22(20-11-6-7-13-23(20)28)19-10-4-5-12-21(19)25(18)31-26/h1-13,16,22,24H,14-15H2,(H,29,30,31). The predicted octanol–water partition coefficient (Wildman–Crippen LogP) is 6.35. The van der Waals surface area contributed by atoms with Gasteiger partial charge in [-0.25, -0.2) is 14.4 Å². The minimum atomic E-state index is -0.173. The maximum atomic E-state index is 14.6. The lowest BCUT2D eigenvalue weighted by Crippen LogP contribution is -2.19. The molecular formula is C26H21BrFN3. The third kappa shape index (κ3) is 4.10. The van der Waals surface area contributed by atoms with Gasteiger partial charge in [0.05, 0.1) is 10.6 Å². The van der Waals surface area contributed by atoms with Crippen molar-refractivity contribution in [1.82, 2.24) is 9.97 Å². The number of fused-ring (bicyclic) bond motifs is 3. The second kappa shape index (κ2) is 8.60. The van der Waals surface area contributed by atoms with E-state index in [2.05, 4.69) is 50.5 Å². The third-order valence-corrected chi connectivity index (χ3v) is 6.26. The highest BCUT2D eigenvalue weighted by molar-refractivity contribution is 9.09. The molecule has 1 heterocycles. The lowest BCUT2D eigenvalue weighted by atomic mass is 9.78. The van der Waals surface area contributed by atoms with Crippen LogP contribution in [0.15, 0.2) is 85.1 Å². The number of rotatable bonds is 5. The van der Waals surface area contributed by atoms with Crippen LogP contribution in [0.3, 0.4) is 0 Å². The van der Waals surface area contributed by atoms with Crippen LogP contribution in [0.4, 0.5) is 10.3 Å². The van der Waals surface area contributed by atoms with E-state index in [1.54, 1.807) is 6.07 Å². The van der Waals surface area contributed by atoms with Crippen molar-refractivity contribution in [3.05, 3.63) is 113 Å². The van der Waals surface area contributed by atoms with E-state index in [-0.39, 0.29) is 16.7 Å². The lowest BCUT2D eigenvalue weighted by Gasteiger charge is -2.28. The fourth-order valence-electron chi connectivity index (χ4n) is 4.25. The Morgan fingerprint density at radius 2 is 1.65 bits per heavy atom. The second-order valence-corrected chi connectivity index (χ2v) is 8.84.